The zero-order valence-corrected chi connectivity index (χ0v) is 38.2. The molecule has 59 heavy (non-hydrogen) atoms. The summed E-state index contributed by atoms with van der Waals surface area (Å²) in [5.74, 6) is -0.122. The van der Waals surface area contributed by atoms with Crippen molar-refractivity contribution in [1.29, 1.82) is 0 Å². The molecule has 0 aromatic carbocycles. The zero-order valence-electron chi connectivity index (χ0n) is 37.3. The highest BCUT2D eigenvalue weighted by atomic mass is 31.2. The Kier molecular flexibility index (Phi) is 35.4. The maximum Gasteiger partial charge on any atom is 0.472 e. The predicted octanol–water partition coefficient (Wildman–Crippen LogP) is 11.6. The summed E-state index contributed by atoms with van der Waals surface area (Å²) in [6.45, 7) is 4.66. The van der Waals surface area contributed by atoms with Crippen molar-refractivity contribution in [3.63, 3.8) is 0 Å². The Balaban J connectivity index is 2.25. The molecule has 3 N–H and O–H groups in total. The molecule has 1 rings (SSSR count). The number of esters is 2. The first kappa shape index (κ1) is 55.2. The number of hydrogen-bond donors (Lipinski definition) is 3. The number of phosphoric ester groups is 1. The van der Waals surface area contributed by atoms with Gasteiger partial charge < -0.3 is 29.3 Å². The van der Waals surface area contributed by atoms with E-state index in [0.29, 0.717) is 31.5 Å². The molecule has 0 spiro atoms. The van der Waals surface area contributed by atoms with E-state index in [9.17, 15) is 24.2 Å². The van der Waals surface area contributed by atoms with Crippen LogP contribution in [-0.2, 0) is 37.4 Å². The van der Waals surface area contributed by atoms with Crippen LogP contribution in [0.25, 0.3) is 0 Å². The van der Waals surface area contributed by atoms with Gasteiger partial charge in [-0.15, -0.1) is 0 Å². The van der Waals surface area contributed by atoms with Crippen LogP contribution in [0.2, 0.25) is 0 Å². The number of ether oxygens (including phenoxy) is 3. The van der Waals surface area contributed by atoms with Crippen LogP contribution in [0.1, 0.15) is 194 Å². The number of carbonyl (C=O) groups is 2. The molecule has 344 valence electrons. The van der Waals surface area contributed by atoms with E-state index in [1.54, 1.807) is 0 Å². The normalized spacial score (nSPS) is 18.1. The quantitative estimate of drug-likeness (QED) is 0.0176. The van der Waals surface area contributed by atoms with Crippen LogP contribution in [0.15, 0.2) is 36.5 Å². The lowest BCUT2D eigenvalue weighted by Crippen LogP contribution is -2.29. The third-order valence-electron chi connectivity index (χ3n) is 10.7. The number of aliphatic hydroxyl groups excluding tert-OH is 2. The van der Waals surface area contributed by atoms with Crippen molar-refractivity contribution in [2.45, 2.75) is 219 Å². The van der Waals surface area contributed by atoms with E-state index in [2.05, 4.69) is 51.2 Å². The SMILES string of the molecule is CCCCC/C=C\CC1OC1C/C=C\C/C=C\CCCC(=O)OC[C@H](COP(=O)(O)OC[C@@H](O)CO)OC(=O)CCCCCCCCCCCCCCCCC(C)CC. The Bertz CT molecular complexity index is 1160. The molecule has 1 saturated heterocycles. The lowest BCUT2D eigenvalue weighted by atomic mass is 9.99. The molecule has 0 aromatic rings. The fourth-order valence-corrected chi connectivity index (χ4v) is 7.38. The molecule has 6 atom stereocenters. The number of carbonyl (C=O) groups excluding carboxylic acids is 2. The molecule has 11 nitrogen and oxygen atoms in total. The Morgan fingerprint density at radius 1 is 0.661 bits per heavy atom. The van der Waals surface area contributed by atoms with Gasteiger partial charge >= 0.3 is 19.8 Å². The van der Waals surface area contributed by atoms with Crippen LogP contribution in [-0.4, -0.2) is 77.9 Å². The van der Waals surface area contributed by atoms with Gasteiger partial charge in [-0.1, -0.05) is 166 Å². The van der Waals surface area contributed by atoms with Gasteiger partial charge in [0, 0.05) is 12.8 Å². The standard InChI is InChI=1S/C47H85O11P/c1-4-6-7-8-23-28-33-44-45(58-44)34-29-24-19-17-21-25-30-35-46(50)54-39-43(40-56-59(52,53)55-38-42(49)37-48)57-47(51)36-31-26-20-16-14-12-10-9-11-13-15-18-22-27-32-41(3)5-2/h17,21,23-24,28-29,41-45,48-49H,4-16,18-20,22,25-27,30-40H2,1-3H3,(H,52,53)/b21-17-,28-23-,29-24-/t41?,42-,43+,44?,45?/m0/s1. The minimum absolute atomic E-state index is 0.161. The summed E-state index contributed by atoms with van der Waals surface area (Å²) in [5.41, 5.74) is 0. The van der Waals surface area contributed by atoms with E-state index in [0.717, 1.165) is 50.9 Å². The highest BCUT2D eigenvalue weighted by Gasteiger charge is 2.36. The summed E-state index contributed by atoms with van der Waals surface area (Å²) in [6, 6.07) is 0. The van der Waals surface area contributed by atoms with Gasteiger partial charge in [0.05, 0.1) is 32.0 Å². The number of aliphatic hydroxyl groups is 2. The van der Waals surface area contributed by atoms with E-state index in [-0.39, 0.29) is 19.4 Å². The molecule has 1 aliphatic heterocycles. The van der Waals surface area contributed by atoms with Gasteiger partial charge in [-0.25, -0.2) is 4.57 Å². The van der Waals surface area contributed by atoms with Gasteiger partial charge in [-0.05, 0) is 57.3 Å². The topological polar surface area (TPSA) is 161 Å². The minimum atomic E-state index is -4.64. The lowest BCUT2D eigenvalue weighted by molar-refractivity contribution is -0.161. The number of hydrogen-bond acceptors (Lipinski definition) is 10. The highest BCUT2D eigenvalue weighted by molar-refractivity contribution is 7.47. The molecular formula is C47H85O11P. The lowest BCUT2D eigenvalue weighted by Gasteiger charge is -2.20. The van der Waals surface area contributed by atoms with Crippen molar-refractivity contribution >= 4 is 19.8 Å². The largest absolute Gasteiger partial charge is 0.472 e. The number of rotatable bonds is 42. The second-order valence-corrected chi connectivity index (χ2v) is 17.9. The van der Waals surface area contributed by atoms with Crippen LogP contribution >= 0.6 is 7.82 Å². The number of epoxide rings is 1. The molecule has 1 aliphatic rings. The highest BCUT2D eigenvalue weighted by Crippen LogP contribution is 2.43. The smallest absolute Gasteiger partial charge is 0.462 e. The molecule has 0 aliphatic carbocycles. The van der Waals surface area contributed by atoms with Crippen LogP contribution in [0.4, 0.5) is 0 Å². The summed E-state index contributed by atoms with van der Waals surface area (Å²) < 4.78 is 38.5. The van der Waals surface area contributed by atoms with Gasteiger partial charge in [0.2, 0.25) is 0 Å². The van der Waals surface area contributed by atoms with Crippen molar-refractivity contribution < 1.29 is 52.5 Å². The molecule has 0 bridgehead atoms. The molecule has 0 radical (unpaired) electrons. The van der Waals surface area contributed by atoms with E-state index in [1.807, 2.05) is 6.08 Å². The molecule has 1 heterocycles. The van der Waals surface area contributed by atoms with Crippen molar-refractivity contribution in [3.05, 3.63) is 36.5 Å². The van der Waals surface area contributed by atoms with Gasteiger partial charge in [-0.3, -0.25) is 18.6 Å². The Hall–Kier alpha value is -1.85. The van der Waals surface area contributed by atoms with Crippen molar-refractivity contribution in [2.24, 2.45) is 5.92 Å². The maximum absolute atomic E-state index is 12.7. The second kappa shape index (κ2) is 37.9. The van der Waals surface area contributed by atoms with Gasteiger partial charge in [0.25, 0.3) is 0 Å². The molecule has 0 aromatic heterocycles. The molecule has 1 fully saturated rings. The Morgan fingerprint density at radius 2 is 1.19 bits per heavy atom. The Morgan fingerprint density at radius 3 is 1.80 bits per heavy atom. The molecule has 4 unspecified atom stereocenters. The first-order valence-electron chi connectivity index (χ1n) is 23.5. The summed E-state index contributed by atoms with van der Waals surface area (Å²) in [4.78, 5) is 35.1. The first-order valence-corrected chi connectivity index (χ1v) is 25.0. The third kappa shape index (κ3) is 35.4. The van der Waals surface area contributed by atoms with Gasteiger partial charge in [-0.2, -0.15) is 0 Å². The average molecular weight is 857 g/mol. The number of unbranched alkanes of at least 4 members (excludes halogenated alkanes) is 17. The van der Waals surface area contributed by atoms with Crippen LogP contribution in [0, 0.1) is 5.92 Å². The summed E-state index contributed by atoms with van der Waals surface area (Å²) >= 11 is 0. The molecular weight excluding hydrogens is 771 g/mol. The molecule has 0 amide bonds. The Labute approximate surface area is 358 Å². The minimum Gasteiger partial charge on any atom is -0.462 e. The fraction of sp³-hybridized carbons (Fsp3) is 0.830. The van der Waals surface area contributed by atoms with Crippen LogP contribution in [0.3, 0.4) is 0 Å². The van der Waals surface area contributed by atoms with Gasteiger partial charge in [0.1, 0.15) is 12.7 Å². The average Bonchev–Trinajstić information content (AvgIpc) is 3.98. The second-order valence-electron chi connectivity index (χ2n) is 16.4. The summed E-state index contributed by atoms with van der Waals surface area (Å²) in [7, 11) is -4.64. The fourth-order valence-electron chi connectivity index (χ4n) is 6.59. The first-order chi connectivity index (χ1) is 28.6. The third-order valence-corrected chi connectivity index (χ3v) is 11.7. The van der Waals surface area contributed by atoms with Crippen LogP contribution in [0.5, 0.6) is 0 Å². The monoisotopic (exact) mass is 857 g/mol. The van der Waals surface area contributed by atoms with Crippen molar-refractivity contribution in [2.75, 3.05) is 26.4 Å². The van der Waals surface area contributed by atoms with Crippen molar-refractivity contribution in [1.82, 2.24) is 0 Å². The van der Waals surface area contributed by atoms with E-state index >= 15 is 0 Å². The summed E-state index contributed by atoms with van der Waals surface area (Å²) in [6.07, 6.45) is 40.0. The van der Waals surface area contributed by atoms with E-state index in [4.69, 9.17) is 28.4 Å². The summed E-state index contributed by atoms with van der Waals surface area (Å²) in [5, 5.41) is 18.4. The van der Waals surface area contributed by atoms with E-state index < -0.39 is 51.8 Å². The predicted molar refractivity (Wildman–Crippen MR) is 237 cm³/mol. The molecule has 0 saturated carbocycles. The number of phosphoric acid groups is 1. The zero-order chi connectivity index (χ0) is 43.2. The maximum atomic E-state index is 12.7. The number of allylic oxidation sites excluding steroid dienone is 4. The van der Waals surface area contributed by atoms with Crippen LogP contribution < -0.4 is 0 Å². The molecule has 12 heteroatoms. The van der Waals surface area contributed by atoms with Crippen molar-refractivity contribution in [3.8, 4) is 0 Å². The van der Waals surface area contributed by atoms with E-state index in [1.165, 1.54) is 96.3 Å². The van der Waals surface area contributed by atoms with Gasteiger partial charge in [0.15, 0.2) is 6.10 Å².